The van der Waals surface area contributed by atoms with E-state index in [1.807, 2.05) is 54.6 Å². The van der Waals surface area contributed by atoms with Crippen molar-refractivity contribution in [2.45, 2.75) is 13.0 Å². The van der Waals surface area contributed by atoms with E-state index in [2.05, 4.69) is 11.0 Å². The molecule has 6 heteroatoms. The minimum atomic E-state index is -0.0379. The van der Waals surface area contributed by atoms with Crippen LogP contribution in [0.4, 0.5) is 0 Å². The lowest BCUT2D eigenvalue weighted by molar-refractivity contribution is 0.0326. The first-order valence-electron chi connectivity index (χ1n) is 9.99. The Morgan fingerprint density at radius 1 is 1.07 bits per heavy atom. The van der Waals surface area contributed by atoms with E-state index in [0.717, 1.165) is 44.2 Å². The largest absolute Gasteiger partial charge is 0.489 e. The van der Waals surface area contributed by atoms with E-state index in [1.165, 1.54) is 0 Å². The van der Waals surface area contributed by atoms with E-state index in [-0.39, 0.29) is 5.91 Å². The Morgan fingerprint density at radius 2 is 1.79 bits per heavy atom. The molecule has 1 aliphatic heterocycles. The van der Waals surface area contributed by atoms with Crippen LogP contribution < -0.4 is 4.74 Å². The summed E-state index contributed by atoms with van der Waals surface area (Å²) in [6, 6.07) is 19.3. The van der Waals surface area contributed by atoms with Gasteiger partial charge in [0, 0.05) is 38.3 Å². The molecule has 1 amide bonds. The molecule has 1 fully saturated rings. The zero-order valence-electron chi connectivity index (χ0n) is 16.6. The van der Waals surface area contributed by atoms with Gasteiger partial charge in [0.15, 0.2) is 0 Å². The summed E-state index contributed by atoms with van der Waals surface area (Å²) < 4.78 is 11.1. The molecule has 2 aromatic rings. The van der Waals surface area contributed by atoms with Gasteiger partial charge in [-0.2, -0.15) is 5.26 Å². The number of hydrogen-bond acceptors (Lipinski definition) is 5. The van der Waals surface area contributed by atoms with Gasteiger partial charge in [-0.15, -0.1) is 0 Å². The Labute approximate surface area is 172 Å². The molecule has 0 radical (unpaired) electrons. The fraction of sp³-hybridized carbons (Fsp3) is 0.391. The van der Waals surface area contributed by atoms with Crippen LogP contribution >= 0.6 is 0 Å². The normalized spacial score (nSPS) is 14.2. The average Bonchev–Trinajstić information content (AvgIpc) is 2.79. The molecule has 0 N–H and O–H groups in total. The Morgan fingerprint density at radius 3 is 2.48 bits per heavy atom. The minimum Gasteiger partial charge on any atom is -0.489 e. The van der Waals surface area contributed by atoms with Gasteiger partial charge in [0.25, 0.3) is 5.91 Å². The molecule has 0 spiro atoms. The summed E-state index contributed by atoms with van der Waals surface area (Å²) in [5, 5.41) is 8.95. The van der Waals surface area contributed by atoms with Crippen LogP contribution in [0.15, 0.2) is 54.6 Å². The lowest BCUT2D eigenvalue weighted by atomic mass is 10.1. The summed E-state index contributed by atoms with van der Waals surface area (Å²) in [5.74, 6) is 0.780. The second kappa shape index (κ2) is 11.2. The molecule has 0 aromatic heterocycles. The fourth-order valence-electron chi connectivity index (χ4n) is 3.20. The van der Waals surface area contributed by atoms with Crippen molar-refractivity contribution in [3.63, 3.8) is 0 Å². The number of para-hydroxylation sites is 1. The van der Waals surface area contributed by atoms with Gasteiger partial charge in [0.2, 0.25) is 0 Å². The number of nitriles is 1. The van der Waals surface area contributed by atoms with Gasteiger partial charge in [-0.1, -0.05) is 30.3 Å². The van der Waals surface area contributed by atoms with Gasteiger partial charge in [0.05, 0.1) is 25.7 Å². The Balaban J connectivity index is 1.56. The highest BCUT2D eigenvalue weighted by atomic mass is 16.5. The van der Waals surface area contributed by atoms with E-state index in [0.29, 0.717) is 31.7 Å². The van der Waals surface area contributed by atoms with E-state index in [1.54, 1.807) is 4.90 Å². The molecule has 2 aromatic carbocycles. The van der Waals surface area contributed by atoms with Crippen LogP contribution in [0.25, 0.3) is 0 Å². The maximum atomic E-state index is 13.0. The third-order valence-corrected chi connectivity index (χ3v) is 4.92. The molecule has 3 rings (SSSR count). The van der Waals surface area contributed by atoms with Crippen molar-refractivity contribution in [1.82, 2.24) is 9.80 Å². The Hall–Kier alpha value is -2.88. The van der Waals surface area contributed by atoms with Gasteiger partial charge >= 0.3 is 0 Å². The minimum absolute atomic E-state index is 0.0379. The van der Waals surface area contributed by atoms with Crippen molar-refractivity contribution < 1.29 is 14.3 Å². The second-order valence-corrected chi connectivity index (χ2v) is 6.95. The number of morpholine rings is 1. The van der Waals surface area contributed by atoms with Crippen LogP contribution in [0.3, 0.4) is 0 Å². The third-order valence-electron chi connectivity index (χ3n) is 4.92. The lowest BCUT2D eigenvalue weighted by Gasteiger charge is -2.30. The molecular formula is C23H27N3O3. The first kappa shape index (κ1) is 20.8. The zero-order valence-corrected chi connectivity index (χ0v) is 16.6. The highest BCUT2D eigenvalue weighted by Gasteiger charge is 2.18. The molecule has 0 unspecified atom stereocenters. The fourth-order valence-corrected chi connectivity index (χ4v) is 3.20. The SMILES string of the molecule is N#CCCN(CCN1CCOCC1)C(=O)c1ccc(COc2ccccc2)cc1. The quantitative estimate of drug-likeness (QED) is 0.655. The number of benzene rings is 2. The molecule has 0 bridgehead atoms. The maximum absolute atomic E-state index is 13.0. The predicted molar refractivity (Wildman–Crippen MR) is 111 cm³/mol. The first-order chi connectivity index (χ1) is 14.3. The monoisotopic (exact) mass is 393 g/mol. The summed E-state index contributed by atoms with van der Waals surface area (Å²) in [4.78, 5) is 17.0. The lowest BCUT2D eigenvalue weighted by Crippen LogP contribution is -2.43. The van der Waals surface area contributed by atoms with Crippen molar-refractivity contribution >= 4 is 5.91 Å². The van der Waals surface area contributed by atoms with Gasteiger partial charge in [0.1, 0.15) is 12.4 Å². The summed E-state index contributed by atoms with van der Waals surface area (Å²) in [5.41, 5.74) is 1.63. The predicted octanol–water partition coefficient (Wildman–Crippen LogP) is 2.95. The summed E-state index contributed by atoms with van der Waals surface area (Å²) in [6.45, 7) is 5.54. The molecule has 1 heterocycles. The molecule has 6 nitrogen and oxygen atoms in total. The number of carbonyl (C=O) groups is 1. The van der Waals surface area contributed by atoms with Crippen LogP contribution in [0, 0.1) is 11.3 Å². The van der Waals surface area contributed by atoms with Crippen LogP contribution in [-0.4, -0.2) is 61.6 Å². The van der Waals surface area contributed by atoms with Crippen LogP contribution in [0.1, 0.15) is 22.3 Å². The van der Waals surface area contributed by atoms with Crippen LogP contribution in [0.5, 0.6) is 5.75 Å². The molecule has 0 aliphatic carbocycles. The van der Waals surface area contributed by atoms with Crippen molar-refractivity contribution in [2.24, 2.45) is 0 Å². The smallest absolute Gasteiger partial charge is 0.253 e. The maximum Gasteiger partial charge on any atom is 0.253 e. The number of carbonyl (C=O) groups excluding carboxylic acids is 1. The summed E-state index contributed by atoms with van der Waals surface area (Å²) in [6.07, 6.45) is 0.331. The Kier molecular flexibility index (Phi) is 8.05. The van der Waals surface area contributed by atoms with Gasteiger partial charge < -0.3 is 14.4 Å². The van der Waals surface area contributed by atoms with Crippen molar-refractivity contribution in [1.29, 1.82) is 5.26 Å². The topological polar surface area (TPSA) is 65.8 Å². The number of rotatable bonds is 9. The van der Waals surface area contributed by atoms with E-state index in [9.17, 15) is 4.79 Å². The zero-order chi connectivity index (χ0) is 20.3. The summed E-state index contributed by atoms with van der Waals surface area (Å²) in [7, 11) is 0. The third kappa shape index (κ3) is 6.60. The van der Waals surface area contributed by atoms with E-state index < -0.39 is 0 Å². The molecule has 0 saturated carbocycles. The van der Waals surface area contributed by atoms with Crippen molar-refractivity contribution in [2.75, 3.05) is 45.9 Å². The number of hydrogen-bond donors (Lipinski definition) is 0. The summed E-state index contributed by atoms with van der Waals surface area (Å²) >= 11 is 0. The van der Waals surface area contributed by atoms with Gasteiger partial charge in [-0.25, -0.2) is 0 Å². The number of ether oxygens (including phenoxy) is 2. The number of nitrogens with zero attached hydrogens (tertiary/aromatic N) is 3. The molecule has 1 aliphatic rings. The standard InChI is InChI=1S/C23H27N3O3/c24-11-4-12-26(14-13-25-15-17-28-18-16-25)23(27)21-9-7-20(8-10-21)19-29-22-5-2-1-3-6-22/h1-3,5-10H,4,12-19H2. The number of amides is 1. The first-order valence-corrected chi connectivity index (χ1v) is 9.99. The molecule has 152 valence electrons. The molecule has 1 saturated heterocycles. The molecule has 29 heavy (non-hydrogen) atoms. The second-order valence-electron chi connectivity index (χ2n) is 6.95. The Bertz CT molecular complexity index is 796. The highest BCUT2D eigenvalue weighted by molar-refractivity contribution is 5.94. The van der Waals surface area contributed by atoms with E-state index in [4.69, 9.17) is 14.7 Å². The van der Waals surface area contributed by atoms with Crippen molar-refractivity contribution in [3.8, 4) is 11.8 Å². The van der Waals surface area contributed by atoms with Gasteiger partial charge in [-0.05, 0) is 29.8 Å². The van der Waals surface area contributed by atoms with Crippen LogP contribution in [0.2, 0.25) is 0 Å². The molecular weight excluding hydrogens is 366 g/mol. The highest BCUT2D eigenvalue weighted by Crippen LogP contribution is 2.13. The van der Waals surface area contributed by atoms with Crippen LogP contribution in [-0.2, 0) is 11.3 Å². The van der Waals surface area contributed by atoms with Gasteiger partial charge in [-0.3, -0.25) is 9.69 Å². The van der Waals surface area contributed by atoms with Crippen molar-refractivity contribution in [3.05, 3.63) is 65.7 Å². The average molecular weight is 393 g/mol. The molecule has 0 atom stereocenters. The van der Waals surface area contributed by atoms with E-state index >= 15 is 0 Å².